The lowest BCUT2D eigenvalue weighted by atomic mass is 9.78. The zero-order valence-electron chi connectivity index (χ0n) is 19.5. The molecule has 0 spiro atoms. The van der Waals surface area contributed by atoms with Crippen LogP contribution >= 0.6 is 11.8 Å². The number of thioether (sulfide) groups is 1. The van der Waals surface area contributed by atoms with Crippen molar-refractivity contribution >= 4 is 23.4 Å². The average Bonchev–Trinajstić information content (AvgIpc) is 3.03. The first-order valence-corrected chi connectivity index (χ1v) is 11.7. The zero-order valence-corrected chi connectivity index (χ0v) is 20.4. The van der Waals surface area contributed by atoms with Gasteiger partial charge < -0.3 is 14.7 Å². The van der Waals surface area contributed by atoms with Crippen molar-refractivity contribution < 1.29 is 14.6 Å². The second-order valence-corrected chi connectivity index (χ2v) is 11.4. The summed E-state index contributed by atoms with van der Waals surface area (Å²) >= 11 is 1.60. The maximum Gasteiger partial charge on any atom is 0.336 e. The molecule has 0 saturated heterocycles. The Morgan fingerprint density at radius 1 is 1.10 bits per heavy atom. The molecule has 0 fully saturated rings. The molecule has 0 unspecified atom stereocenters. The van der Waals surface area contributed by atoms with Crippen LogP contribution in [0.3, 0.4) is 0 Å². The standard InChI is InChI=1S/C25H35NO3S/c1-15(2)29-23(28)17-10-9-11-26-20(14-30-22(17)26)16-12-18(24(3,4)5)21(27)19(13-16)25(6,7)8/h12-15,27H,9-11H2,1-8H3. The van der Waals surface area contributed by atoms with Crippen LogP contribution in [0.1, 0.15) is 84.9 Å². The van der Waals surface area contributed by atoms with Crippen molar-refractivity contribution in [3.8, 4) is 5.75 Å². The normalized spacial score (nSPS) is 17.4. The molecule has 30 heavy (non-hydrogen) atoms. The van der Waals surface area contributed by atoms with Crippen LogP contribution in [0, 0.1) is 0 Å². The summed E-state index contributed by atoms with van der Waals surface area (Å²) in [6.07, 6.45) is 1.54. The number of hydrogen-bond donors (Lipinski definition) is 1. The van der Waals surface area contributed by atoms with E-state index in [-0.39, 0.29) is 22.9 Å². The third kappa shape index (κ3) is 4.41. The molecule has 0 amide bonds. The monoisotopic (exact) mass is 429 g/mol. The van der Waals surface area contributed by atoms with Crippen molar-refractivity contribution in [3.05, 3.63) is 44.8 Å². The second kappa shape index (κ2) is 7.99. The van der Waals surface area contributed by atoms with E-state index in [4.69, 9.17) is 4.74 Å². The smallest absolute Gasteiger partial charge is 0.336 e. The molecule has 1 aromatic carbocycles. The summed E-state index contributed by atoms with van der Waals surface area (Å²) in [7, 11) is 0. The van der Waals surface area contributed by atoms with Crippen LogP contribution in [0.2, 0.25) is 0 Å². The molecule has 0 saturated carbocycles. The third-order valence-corrected chi connectivity index (χ3v) is 6.53. The number of aromatic hydroxyl groups is 1. The van der Waals surface area contributed by atoms with E-state index < -0.39 is 0 Å². The Morgan fingerprint density at radius 3 is 2.17 bits per heavy atom. The van der Waals surface area contributed by atoms with Crippen LogP contribution in [0.4, 0.5) is 0 Å². The fourth-order valence-electron chi connectivity index (χ4n) is 3.95. The number of rotatable bonds is 3. The maximum absolute atomic E-state index is 12.6. The summed E-state index contributed by atoms with van der Waals surface area (Å²) in [5.74, 6) is 0.184. The number of benzene rings is 1. The van der Waals surface area contributed by atoms with E-state index in [0.717, 1.165) is 52.4 Å². The van der Waals surface area contributed by atoms with Gasteiger partial charge in [-0.3, -0.25) is 0 Å². The Bertz CT molecular complexity index is 878. The van der Waals surface area contributed by atoms with E-state index in [1.807, 2.05) is 13.8 Å². The van der Waals surface area contributed by atoms with Gasteiger partial charge in [0.25, 0.3) is 0 Å². The number of carbonyl (C=O) groups excluding carboxylic acids is 1. The van der Waals surface area contributed by atoms with Gasteiger partial charge in [-0.15, -0.1) is 0 Å². The molecule has 0 radical (unpaired) electrons. The lowest BCUT2D eigenvalue weighted by Crippen LogP contribution is -2.27. The number of nitrogens with zero attached hydrogens (tertiary/aromatic N) is 1. The quantitative estimate of drug-likeness (QED) is 0.572. The first kappa shape index (κ1) is 22.8. The maximum atomic E-state index is 12.6. The van der Waals surface area contributed by atoms with E-state index in [9.17, 15) is 9.90 Å². The number of hydrogen-bond acceptors (Lipinski definition) is 5. The molecule has 2 aliphatic rings. The van der Waals surface area contributed by atoms with Crippen molar-refractivity contribution in [3.63, 3.8) is 0 Å². The minimum Gasteiger partial charge on any atom is -0.507 e. The van der Waals surface area contributed by atoms with E-state index in [1.54, 1.807) is 11.8 Å². The Labute approximate surface area is 185 Å². The highest BCUT2D eigenvalue weighted by molar-refractivity contribution is 8.06. The predicted molar refractivity (Wildman–Crippen MR) is 125 cm³/mol. The van der Waals surface area contributed by atoms with Gasteiger partial charge in [0, 0.05) is 23.1 Å². The summed E-state index contributed by atoms with van der Waals surface area (Å²) < 4.78 is 5.49. The Balaban J connectivity index is 2.08. The predicted octanol–water partition coefficient (Wildman–Crippen LogP) is 6.29. The summed E-state index contributed by atoms with van der Waals surface area (Å²) in [5, 5.41) is 14.2. The van der Waals surface area contributed by atoms with E-state index >= 15 is 0 Å². The molecular formula is C25H35NO3S. The number of fused-ring (bicyclic) bond motifs is 1. The molecule has 2 heterocycles. The molecule has 0 aliphatic carbocycles. The molecule has 3 rings (SSSR count). The summed E-state index contributed by atoms with van der Waals surface area (Å²) in [6.45, 7) is 17.4. The number of phenols is 1. The lowest BCUT2D eigenvalue weighted by molar-refractivity contribution is -0.143. The molecule has 1 N–H and O–H groups in total. The van der Waals surface area contributed by atoms with Gasteiger partial charge in [0.15, 0.2) is 0 Å². The molecule has 164 valence electrons. The fraction of sp³-hybridized carbons (Fsp3) is 0.560. The zero-order chi connectivity index (χ0) is 22.4. The van der Waals surface area contributed by atoms with Gasteiger partial charge in [-0.2, -0.15) is 0 Å². The number of phenolic OH excluding ortho intramolecular Hbond substituents is 1. The first-order valence-electron chi connectivity index (χ1n) is 10.8. The molecule has 0 atom stereocenters. The topological polar surface area (TPSA) is 49.8 Å². The summed E-state index contributed by atoms with van der Waals surface area (Å²) in [5.41, 5.74) is 4.49. The van der Waals surface area contributed by atoms with Crippen LogP contribution in [-0.2, 0) is 20.4 Å². The molecule has 1 aromatic rings. The minimum atomic E-state index is -0.205. The van der Waals surface area contributed by atoms with Crippen molar-refractivity contribution in [1.29, 1.82) is 0 Å². The molecule has 0 bridgehead atoms. The molecule has 4 nitrogen and oxygen atoms in total. The highest BCUT2D eigenvalue weighted by atomic mass is 32.2. The van der Waals surface area contributed by atoms with Crippen molar-refractivity contribution in [2.24, 2.45) is 0 Å². The van der Waals surface area contributed by atoms with Gasteiger partial charge >= 0.3 is 5.97 Å². The number of ether oxygens (including phenoxy) is 1. The van der Waals surface area contributed by atoms with Gasteiger partial charge in [0.05, 0.1) is 22.4 Å². The van der Waals surface area contributed by atoms with Crippen molar-refractivity contribution in [2.75, 3.05) is 6.54 Å². The Hall–Kier alpha value is -1.88. The lowest BCUT2D eigenvalue weighted by Gasteiger charge is -2.32. The highest BCUT2D eigenvalue weighted by Crippen LogP contribution is 2.47. The van der Waals surface area contributed by atoms with E-state index in [1.165, 1.54) is 0 Å². The van der Waals surface area contributed by atoms with Gasteiger partial charge in [-0.05, 0) is 55.2 Å². The molecule has 2 aliphatic heterocycles. The number of carbonyl (C=O) groups is 1. The van der Waals surface area contributed by atoms with Gasteiger partial charge in [-0.25, -0.2) is 4.79 Å². The average molecular weight is 430 g/mol. The Kier molecular flexibility index (Phi) is 6.07. The van der Waals surface area contributed by atoms with Crippen molar-refractivity contribution in [2.45, 2.75) is 85.2 Å². The second-order valence-electron chi connectivity index (χ2n) is 10.5. The molecule has 0 aromatic heterocycles. The van der Waals surface area contributed by atoms with E-state index in [0.29, 0.717) is 5.75 Å². The van der Waals surface area contributed by atoms with Crippen LogP contribution in [0.5, 0.6) is 5.75 Å². The van der Waals surface area contributed by atoms with Crippen molar-refractivity contribution in [1.82, 2.24) is 4.90 Å². The van der Waals surface area contributed by atoms with Gasteiger partial charge in [0.2, 0.25) is 0 Å². The van der Waals surface area contributed by atoms with Crippen LogP contribution in [0.25, 0.3) is 5.70 Å². The highest BCUT2D eigenvalue weighted by Gasteiger charge is 2.34. The summed E-state index contributed by atoms with van der Waals surface area (Å²) in [4.78, 5) is 14.9. The Morgan fingerprint density at radius 2 is 1.67 bits per heavy atom. The van der Waals surface area contributed by atoms with Gasteiger partial charge in [-0.1, -0.05) is 53.3 Å². The molecular weight excluding hydrogens is 394 g/mol. The van der Waals surface area contributed by atoms with Crippen LogP contribution in [-0.4, -0.2) is 28.6 Å². The van der Waals surface area contributed by atoms with Crippen LogP contribution in [0.15, 0.2) is 28.1 Å². The molecule has 5 heteroatoms. The SMILES string of the molecule is CC(C)OC(=O)C1=C2SC=C(c3cc(C(C)(C)C)c(O)c(C(C)(C)C)c3)N2CCC1. The van der Waals surface area contributed by atoms with E-state index in [2.05, 4.69) is 64.0 Å². The van der Waals surface area contributed by atoms with Crippen LogP contribution < -0.4 is 0 Å². The third-order valence-electron chi connectivity index (χ3n) is 5.50. The summed E-state index contributed by atoms with van der Waals surface area (Å²) in [6, 6.07) is 4.22. The first-order chi connectivity index (χ1) is 13.8. The minimum absolute atomic E-state index is 0.124. The number of esters is 1. The van der Waals surface area contributed by atoms with Gasteiger partial charge in [0.1, 0.15) is 5.75 Å². The largest absolute Gasteiger partial charge is 0.507 e. The fourth-order valence-corrected chi connectivity index (χ4v) is 5.08.